The Kier molecular flexibility index (Phi) is 4.38. The zero-order valence-corrected chi connectivity index (χ0v) is 14.7. The summed E-state index contributed by atoms with van der Waals surface area (Å²) < 4.78 is 13.6. The molecule has 0 saturated heterocycles. The van der Waals surface area contributed by atoms with Crippen molar-refractivity contribution in [1.82, 2.24) is 0 Å². The monoisotopic (exact) mass is 357 g/mol. The highest BCUT2D eigenvalue weighted by molar-refractivity contribution is 6.30. The Morgan fingerprint density at radius 1 is 1.04 bits per heavy atom. The largest absolute Gasteiger partial charge is 0.371 e. The van der Waals surface area contributed by atoms with Crippen LogP contribution in [0, 0.1) is 5.82 Å². The second-order valence-corrected chi connectivity index (χ2v) is 7.31. The van der Waals surface area contributed by atoms with Gasteiger partial charge in [0, 0.05) is 5.02 Å². The molecule has 5 heteroatoms. The summed E-state index contributed by atoms with van der Waals surface area (Å²) in [6.07, 6.45) is 5.54. The molecule has 1 aliphatic carbocycles. The minimum Gasteiger partial charge on any atom is -0.371 e. The molecule has 2 N–H and O–H groups in total. The molecule has 0 aromatic heterocycles. The molecule has 1 heterocycles. The van der Waals surface area contributed by atoms with Gasteiger partial charge >= 0.3 is 0 Å². The van der Waals surface area contributed by atoms with Gasteiger partial charge < -0.3 is 10.6 Å². The fourth-order valence-electron chi connectivity index (χ4n) is 3.81. The van der Waals surface area contributed by atoms with E-state index in [1.54, 1.807) is 12.1 Å². The summed E-state index contributed by atoms with van der Waals surface area (Å²) in [7, 11) is 0. The number of hydrogen-bond acceptors (Lipinski definition) is 2. The van der Waals surface area contributed by atoms with E-state index in [4.69, 9.17) is 16.6 Å². The van der Waals surface area contributed by atoms with Crippen molar-refractivity contribution in [3.8, 4) is 0 Å². The van der Waals surface area contributed by atoms with Crippen LogP contribution in [0.25, 0.3) is 0 Å². The third-order valence-electron chi connectivity index (χ3n) is 5.08. The third kappa shape index (κ3) is 3.36. The number of nitrogens with zero attached hydrogens (tertiary/aromatic N) is 1. The van der Waals surface area contributed by atoms with E-state index in [1.165, 1.54) is 12.5 Å². The van der Waals surface area contributed by atoms with Crippen molar-refractivity contribution in [2.45, 2.75) is 44.2 Å². The van der Waals surface area contributed by atoms with Crippen LogP contribution in [-0.2, 0) is 6.54 Å². The average Bonchev–Trinajstić information content (AvgIpc) is 2.61. The van der Waals surface area contributed by atoms with Crippen LogP contribution in [0.1, 0.15) is 37.7 Å². The number of amidine groups is 1. The zero-order valence-electron chi connectivity index (χ0n) is 14.0. The van der Waals surface area contributed by atoms with Gasteiger partial charge in [-0.05, 0) is 48.7 Å². The number of hydrogen-bond donors (Lipinski definition) is 2. The lowest BCUT2D eigenvalue weighted by molar-refractivity contribution is 0.402. The Balaban J connectivity index is 1.68. The molecule has 3 nitrogen and oxygen atoms in total. The van der Waals surface area contributed by atoms with Gasteiger partial charge in [-0.15, -0.1) is 0 Å². The van der Waals surface area contributed by atoms with Gasteiger partial charge in [0.2, 0.25) is 0 Å². The van der Waals surface area contributed by atoms with Gasteiger partial charge in [-0.1, -0.05) is 43.0 Å². The van der Waals surface area contributed by atoms with E-state index < -0.39 is 0 Å². The number of halogens is 2. The van der Waals surface area contributed by atoms with E-state index in [0.717, 1.165) is 53.5 Å². The van der Waals surface area contributed by atoms with E-state index >= 15 is 0 Å². The molecule has 25 heavy (non-hydrogen) atoms. The van der Waals surface area contributed by atoms with Crippen LogP contribution in [0.3, 0.4) is 0 Å². The highest BCUT2D eigenvalue weighted by atomic mass is 35.5. The molecule has 1 fully saturated rings. The first-order valence-corrected chi connectivity index (χ1v) is 9.17. The molecule has 4 rings (SSSR count). The van der Waals surface area contributed by atoms with Crippen molar-refractivity contribution >= 4 is 28.8 Å². The summed E-state index contributed by atoms with van der Waals surface area (Å²) >= 11 is 6.08. The van der Waals surface area contributed by atoms with E-state index in [9.17, 15) is 4.39 Å². The summed E-state index contributed by atoms with van der Waals surface area (Å²) in [4.78, 5) is 4.88. The molecular formula is C20H21ClFN3. The van der Waals surface area contributed by atoms with Crippen LogP contribution in [0.5, 0.6) is 0 Å². The summed E-state index contributed by atoms with van der Waals surface area (Å²) in [5.74, 6) is 0.726. The van der Waals surface area contributed by atoms with Crippen molar-refractivity contribution < 1.29 is 4.39 Å². The normalized spacial score (nSPS) is 20.0. The van der Waals surface area contributed by atoms with Crippen LogP contribution < -0.4 is 10.6 Å². The number of fused-ring (bicyclic) bond motifs is 1. The SMILES string of the molecule is Fc1ccc2c(c1)NC1(CCCCC1)C(=NCc1cccc(Cl)c1)N2. The van der Waals surface area contributed by atoms with E-state index in [2.05, 4.69) is 10.6 Å². The number of aliphatic imine (C=N–C) groups is 1. The highest BCUT2D eigenvalue weighted by Crippen LogP contribution is 2.39. The lowest BCUT2D eigenvalue weighted by Crippen LogP contribution is -2.53. The van der Waals surface area contributed by atoms with Crippen LogP contribution >= 0.6 is 11.6 Å². The van der Waals surface area contributed by atoms with Crippen LogP contribution in [-0.4, -0.2) is 11.4 Å². The number of benzene rings is 2. The Labute approximate surface area is 152 Å². The fraction of sp³-hybridized carbons (Fsp3) is 0.350. The minimum atomic E-state index is -0.225. The fourth-order valence-corrected chi connectivity index (χ4v) is 4.02. The second-order valence-electron chi connectivity index (χ2n) is 6.88. The number of rotatable bonds is 2. The predicted octanol–water partition coefficient (Wildman–Crippen LogP) is 5.62. The first-order chi connectivity index (χ1) is 12.1. The first kappa shape index (κ1) is 16.4. The van der Waals surface area contributed by atoms with E-state index in [1.807, 2.05) is 24.3 Å². The topological polar surface area (TPSA) is 36.4 Å². The first-order valence-electron chi connectivity index (χ1n) is 8.79. The quantitative estimate of drug-likeness (QED) is 0.732. The van der Waals surface area contributed by atoms with Gasteiger partial charge in [-0.25, -0.2) is 4.39 Å². The molecule has 2 aromatic carbocycles. The molecular weight excluding hydrogens is 337 g/mol. The Morgan fingerprint density at radius 2 is 1.88 bits per heavy atom. The van der Waals surface area contributed by atoms with Crippen LogP contribution in [0.2, 0.25) is 5.02 Å². The number of anilines is 2. The summed E-state index contributed by atoms with van der Waals surface area (Å²) in [6, 6.07) is 12.6. The molecule has 2 aromatic rings. The summed E-state index contributed by atoms with van der Waals surface area (Å²) in [5, 5.41) is 7.77. The smallest absolute Gasteiger partial charge is 0.127 e. The van der Waals surface area contributed by atoms with E-state index in [-0.39, 0.29) is 11.4 Å². The standard InChI is InChI=1S/C20H21ClFN3/c21-15-6-4-5-14(11-15)13-23-19-20(9-2-1-3-10-20)25-18-12-16(22)7-8-17(18)24-19/h4-8,11-12,25H,1-3,9-10,13H2,(H,23,24). The molecule has 1 saturated carbocycles. The molecule has 130 valence electrons. The molecule has 0 amide bonds. The summed E-state index contributed by atoms with van der Waals surface area (Å²) in [6.45, 7) is 0.572. The van der Waals surface area contributed by atoms with Gasteiger partial charge in [0.25, 0.3) is 0 Å². The zero-order chi connectivity index (χ0) is 17.3. The van der Waals surface area contributed by atoms with Crippen molar-refractivity contribution in [3.05, 3.63) is 58.9 Å². The van der Waals surface area contributed by atoms with Gasteiger partial charge in [0.05, 0.1) is 23.5 Å². The predicted molar refractivity (Wildman–Crippen MR) is 102 cm³/mol. The van der Waals surface area contributed by atoms with Gasteiger partial charge in [0.15, 0.2) is 0 Å². The van der Waals surface area contributed by atoms with Crippen molar-refractivity contribution in [2.24, 2.45) is 4.99 Å². The molecule has 1 spiro atoms. The van der Waals surface area contributed by atoms with Crippen LogP contribution in [0.4, 0.5) is 15.8 Å². The molecule has 0 bridgehead atoms. The van der Waals surface area contributed by atoms with Gasteiger partial charge in [-0.2, -0.15) is 0 Å². The van der Waals surface area contributed by atoms with Crippen LogP contribution in [0.15, 0.2) is 47.5 Å². The lowest BCUT2D eigenvalue weighted by Gasteiger charge is -2.44. The molecule has 0 unspecified atom stereocenters. The Hall–Kier alpha value is -2.07. The van der Waals surface area contributed by atoms with E-state index in [0.29, 0.717) is 6.54 Å². The Morgan fingerprint density at radius 3 is 2.68 bits per heavy atom. The minimum absolute atomic E-state index is 0.224. The Bertz CT molecular complexity index is 812. The maximum absolute atomic E-state index is 13.6. The van der Waals surface area contributed by atoms with Crippen molar-refractivity contribution in [3.63, 3.8) is 0 Å². The van der Waals surface area contributed by atoms with Gasteiger partial charge in [0.1, 0.15) is 11.7 Å². The highest BCUT2D eigenvalue weighted by Gasteiger charge is 2.40. The molecule has 0 atom stereocenters. The molecule has 1 aliphatic heterocycles. The lowest BCUT2D eigenvalue weighted by atomic mass is 9.79. The maximum atomic E-state index is 13.6. The maximum Gasteiger partial charge on any atom is 0.127 e. The second kappa shape index (κ2) is 6.68. The molecule has 2 aliphatic rings. The summed E-state index contributed by atoms with van der Waals surface area (Å²) in [5.41, 5.74) is 2.56. The van der Waals surface area contributed by atoms with Gasteiger partial charge in [-0.3, -0.25) is 4.99 Å². The average molecular weight is 358 g/mol. The third-order valence-corrected chi connectivity index (χ3v) is 5.31. The van der Waals surface area contributed by atoms with Crippen molar-refractivity contribution in [1.29, 1.82) is 0 Å². The number of nitrogens with one attached hydrogen (secondary N) is 2. The van der Waals surface area contributed by atoms with Crippen molar-refractivity contribution in [2.75, 3.05) is 10.6 Å². The molecule has 0 radical (unpaired) electrons.